The van der Waals surface area contributed by atoms with Gasteiger partial charge in [0.05, 0.1) is 30.8 Å². The van der Waals surface area contributed by atoms with Gasteiger partial charge < -0.3 is 25.0 Å². The number of urea groups is 1. The zero-order chi connectivity index (χ0) is 25.6. The Hall–Kier alpha value is -4.01. The van der Waals surface area contributed by atoms with Gasteiger partial charge in [0, 0.05) is 18.5 Å². The van der Waals surface area contributed by atoms with Crippen LogP contribution in [0.25, 0.3) is 5.69 Å². The predicted molar refractivity (Wildman–Crippen MR) is 137 cm³/mol. The van der Waals surface area contributed by atoms with Gasteiger partial charge in [-0.05, 0) is 43.3 Å². The van der Waals surface area contributed by atoms with Gasteiger partial charge in [-0.2, -0.15) is 5.10 Å². The summed E-state index contributed by atoms with van der Waals surface area (Å²) >= 11 is 0. The van der Waals surface area contributed by atoms with E-state index in [4.69, 9.17) is 14.6 Å². The molecule has 2 N–H and O–H groups in total. The number of para-hydroxylation sites is 2. The van der Waals surface area contributed by atoms with Crippen LogP contribution >= 0.6 is 0 Å². The maximum Gasteiger partial charge on any atom is 0.322 e. The highest BCUT2D eigenvalue weighted by Gasteiger charge is 2.22. The van der Waals surface area contributed by atoms with Crippen molar-refractivity contribution in [3.05, 3.63) is 60.3 Å². The molecule has 2 aromatic carbocycles. The third kappa shape index (κ3) is 6.53. The second kappa shape index (κ2) is 10.9. The van der Waals surface area contributed by atoms with Gasteiger partial charge in [-0.1, -0.05) is 32.9 Å². The first-order chi connectivity index (χ1) is 16.6. The Morgan fingerprint density at radius 1 is 1.06 bits per heavy atom. The summed E-state index contributed by atoms with van der Waals surface area (Å²) in [5.74, 6) is 1.46. The number of likely N-dealkylation sites (N-methyl/N-ethyl adjacent to an activating group) is 1. The van der Waals surface area contributed by atoms with Crippen LogP contribution in [0.4, 0.5) is 16.3 Å². The Bertz CT molecular complexity index is 1170. The average Bonchev–Trinajstić information content (AvgIpc) is 3.24. The topological polar surface area (TPSA) is 97.7 Å². The van der Waals surface area contributed by atoms with Crippen LogP contribution < -0.4 is 20.1 Å². The van der Waals surface area contributed by atoms with E-state index in [0.717, 1.165) is 17.1 Å². The molecular formula is C26H33N5O4. The number of nitrogens with zero attached hydrogens (tertiary/aromatic N) is 3. The van der Waals surface area contributed by atoms with Crippen molar-refractivity contribution in [2.24, 2.45) is 0 Å². The Morgan fingerprint density at radius 2 is 1.74 bits per heavy atom. The van der Waals surface area contributed by atoms with Gasteiger partial charge in [0.2, 0.25) is 5.91 Å². The van der Waals surface area contributed by atoms with Crippen LogP contribution in [0.15, 0.2) is 54.6 Å². The average molecular weight is 480 g/mol. The van der Waals surface area contributed by atoms with Gasteiger partial charge in [-0.15, -0.1) is 0 Å². The third-order valence-corrected chi connectivity index (χ3v) is 5.22. The van der Waals surface area contributed by atoms with E-state index in [1.807, 2.05) is 43.3 Å². The molecular weight excluding hydrogens is 446 g/mol. The molecule has 0 spiro atoms. The molecule has 3 aromatic rings. The van der Waals surface area contributed by atoms with E-state index in [0.29, 0.717) is 23.9 Å². The largest absolute Gasteiger partial charge is 0.497 e. The maximum atomic E-state index is 12.9. The first-order valence-corrected chi connectivity index (χ1v) is 11.4. The van der Waals surface area contributed by atoms with E-state index in [1.165, 1.54) is 4.90 Å². The quantitative estimate of drug-likeness (QED) is 0.489. The number of hydrogen-bond acceptors (Lipinski definition) is 5. The molecule has 1 aromatic heterocycles. The Labute approximate surface area is 206 Å². The minimum Gasteiger partial charge on any atom is -0.497 e. The van der Waals surface area contributed by atoms with Crippen LogP contribution in [0.3, 0.4) is 0 Å². The fourth-order valence-corrected chi connectivity index (χ4v) is 3.29. The van der Waals surface area contributed by atoms with Crippen LogP contribution in [-0.4, -0.2) is 53.9 Å². The monoisotopic (exact) mass is 479 g/mol. The van der Waals surface area contributed by atoms with Crippen molar-refractivity contribution >= 4 is 23.4 Å². The maximum absolute atomic E-state index is 12.9. The number of amides is 3. The standard InChI is InChI=1S/C26H33N5O4/c1-7-35-21-11-9-8-10-20(21)27-25(33)30(5)17-24(32)28-23-16-22(26(2,3)4)29-31(23)18-12-14-19(34-6)15-13-18/h8-16H,7,17H2,1-6H3,(H,27,33)(H,28,32). The molecule has 0 saturated heterocycles. The van der Waals surface area contributed by atoms with Crippen molar-refractivity contribution in [2.45, 2.75) is 33.1 Å². The molecule has 0 saturated carbocycles. The summed E-state index contributed by atoms with van der Waals surface area (Å²) in [6.07, 6.45) is 0. The molecule has 0 aliphatic heterocycles. The number of carbonyl (C=O) groups excluding carboxylic acids is 2. The summed E-state index contributed by atoms with van der Waals surface area (Å²) in [5.41, 5.74) is 1.92. The van der Waals surface area contributed by atoms with E-state index < -0.39 is 6.03 Å². The van der Waals surface area contributed by atoms with Gasteiger partial charge in [0.25, 0.3) is 0 Å². The lowest BCUT2D eigenvalue weighted by molar-refractivity contribution is -0.116. The highest BCUT2D eigenvalue weighted by Crippen LogP contribution is 2.27. The summed E-state index contributed by atoms with van der Waals surface area (Å²) in [4.78, 5) is 26.9. The van der Waals surface area contributed by atoms with E-state index in [9.17, 15) is 9.59 Å². The van der Waals surface area contributed by atoms with Crippen LogP contribution in [0.2, 0.25) is 0 Å². The number of hydrogen-bond donors (Lipinski definition) is 2. The first-order valence-electron chi connectivity index (χ1n) is 11.4. The van der Waals surface area contributed by atoms with Crippen LogP contribution in [-0.2, 0) is 10.2 Å². The molecule has 0 unspecified atom stereocenters. The number of benzene rings is 2. The second-order valence-corrected chi connectivity index (χ2v) is 9.04. The molecule has 9 heteroatoms. The number of rotatable bonds is 8. The lowest BCUT2D eigenvalue weighted by Gasteiger charge is -2.19. The molecule has 0 bridgehead atoms. The van der Waals surface area contributed by atoms with E-state index in [-0.39, 0.29) is 17.9 Å². The van der Waals surface area contributed by atoms with Gasteiger partial charge >= 0.3 is 6.03 Å². The normalized spacial score (nSPS) is 11.0. The van der Waals surface area contributed by atoms with Crippen molar-refractivity contribution < 1.29 is 19.1 Å². The summed E-state index contributed by atoms with van der Waals surface area (Å²) in [7, 11) is 3.16. The fourth-order valence-electron chi connectivity index (χ4n) is 3.29. The van der Waals surface area contributed by atoms with E-state index >= 15 is 0 Å². The zero-order valence-electron chi connectivity index (χ0n) is 21.1. The van der Waals surface area contributed by atoms with Crippen molar-refractivity contribution in [3.63, 3.8) is 0 Å². The van der Waals surface area contributed by atoms with Crippen molar-refractivity contribution in [1.29, 1.82) is 0 Å². The van der Waals surface area contributed by atoms with Crippen LogP contribution in [0, 0.1) is 0 Å². The summed E-state index contributed by atoms with van der Waals surface area (Å²) in [6.45, 7) is 8.36. The van der Waals surface area contributed by atoms with E-state index in [2.05, 4.69) is 31.4 Å². The number of methoxy groups -OCH3 is 1. The molecule has 0 aliphatic rings. The Morgan fingerprint density at radius 3 is 2.37 bits per heavy atom. The summed E-state index contributed by atoms with van der Waals surface area (Å²) in [5, 5.41) is 10.4. The summed E-state index contributed by atoms with van der Waals surface area (Å²) < 4.78 is 12.5. The highest BCUT2D eigenvalue weighted by atomic mass is 16.5. The van der Waals surface area contributed by atoms with Crippen LogP contribution in [0.5, 0.6) is 11.5 Å². The Kier molecular flexibility index (Phi) is 8.01. The number of anilines is 2. The smallest absolute Gasteiger partial charge is 0.322 e. The second-order valence-electron chi connectivity index (χ2n) is 9.04. The minimum atomic E-state index is -0.425. The fraction of sp³-hybridized carbons (Fsp3) is 0.346. The Balaban J connectivity index is 1.74. The van der Waals surface area contributed by atoms with Crippen molar-refractivity contribution in [2.75, 3.05) is 37.9 Å². The molecule has 9 nitrogen and oxygen atoms in total. The first kappa shape index (κ1) is 25.6. The predicted octanol–water partition coefficient (Wildman–Crippen LogP) is 4.68. The zero-order valence-corrected chi connectivity index (χ0v) is 21.1. The van der Waals surface area contributed by atoms with Gasteiger partial charge in [-0.25, -0.2) is 9.48 Å². The van der Waals surface area contributed by atoms with Gasteiger partial charge in [0.1, 0.15) is 23.9 Å². The molecule has 35 heavy (non-hydrogen) atoms. The van der Waals surface area contributed by atoms with Gasteiger partial charge in [0.15, 0.2) is 0 Å². The molecule has 0 radical (unpaired) electrons. The van der Waals surface area contributed by atoms with Crippen molar-refractivity contribution in [1.82, 2.24) is 14.7 Å². The molecule has 0 fully saturated rings. The molecule has 0 aliphatic carbocycles. The minimum absolute atomic E-state index is 0.152. The molecule has 186 valence electrons. The lowest BCUT2D eigenvalue weighted by Crippen LogP contribution is -2.38. The molecule has 0 atom stereocenters. The summed E-state index contributed by atoms with van der Waals surface area (Å²) in [6, 6.07) is 16.0. The van der Waals surface area contributed by atoms with Crippen molar-refractivity contribution in [3.8, 4) is 17.2 Å². The molecule has 1 heterocycles. The molecule has 3 rings (SSSR count). The highest BCUT2D eigenvalue weighted by molar-refractivity contribution is 5.97. The van der Waals surface area contributed by atoms with Gasteiger partial charge in [-0.3, -0.25) is 4.79 Å². The number of carbonyl (C=O) groups is 2. The SMILES string of the molecule is CCOc1ccccc1NC(=O)N(C)CC(=O)Nc1cc(C(C)(C)C)nn1-c1ccc(OC)cc1. The van der Waals surface area contributed by atoms with E-state index in [1.54, 1.807) is 37.0 Å². The third-order valence-electron chi connectivity index (χ3n) is 5.22. The number of aromatic nitrogens is 2. The number of ether oxygens (including phenoxy) is 2. The lowest BCUT2D eigenvalue weighted by atomic mass is 9.92. The number of nitrogens with one attached hydrogen (secondary N) is 2. The van der Waals surface area contributed by atoms with Crippen LogP contribution in [0.1, 0.15) is 33.4 Å². The molecule has 3 amide bonds.